The topological polar surface area (TPSA) is 82.5 Å². The highest BCUT2D eigenvalue weighted by Crippen LogP contribution is 2.40. The van der Waals surface area contributed by atoms with E-state index in [-0.39, 0.29) is 0 Å². The maximum absolute atomic E-state index is 10.6. The zero-order valence-electron chi connectivity index (χ0n) is 15.7. The molecule has 2 saturated heterocycles. The van der Waals surface area contributed by atoms with Gasteiger partial charge in [-0.3, -0.25) is 4.90 Å². The van der Waals surface area contributed by atoms with Gasteiger partial charge in [0.05, 0.1) is 6.54 Å². The average molecular weight is 429 g/mol. The molecule has 2 aromatic rings. The van der Waals surface area contributed by atoms with Crippen LogP contribution in [0.25, 0.3) is 0 Å². The molecule has 0 saturated carbocycles. The number of aliphatic carboxylic acids is 1. The molecular formula is C18H22F3N5O2S. The number of hydrogen-bond acceptors (Lipinski definition) is 7. The number of hydrogen-bond donors (Lipinski definition) is 1. The molecule has 158 valence electrons. The van der Waals surface area contributed by atoms with E-state index < -0.39 is 12.1 Å². The van der Waals surface area contributed by atoms with Crippen molar-refractivity contribution in [2.75, 3.05) is 31.1 Å². The van der Waals surface area contributed by atoms with Gasteiger partial charge in [-0.1, -0.05) is 0 Å². The van der Waals surface area contributed by atoms with Crippen molar-refractivity contribution in [3.63, 3.8) is 0 Å². The van der Waals surface area contributed by atoms with Crippen LogP contribution in [0.5, 0.6) is 0 Å². The molecule has 0 amide bonds. The summed E-state index contributed by atoms with van der Waals surface area (Å²) in [7, 11) is 0. The number of carbonyl (C=O) groups is 1. The first-order valence-corrected chi connectivity index (χ1v) is 10.1. The number of halogens is 3. The number of likely N-dealkylation sites (tertiary alicyclic amines) is 1. The minimum absolute atomic E-state index is 0.411. The van der Waals surface area contributed by atoms with E-state index in [2.05, 4.69) is 30.1 Å². The van der Waals surface area contributed by atoms with Crippen molar-refractivity contribution in [2.24, 2.45) is 5.41 Å². The van der Waals surface area contributed by atoms with Gasteiger partial charge in [-0.25, -0.2) is 19.7 Å². The normalized spacial score (nSPS) is 22.4. The van der Waals surface area contributed by atoms with Crippen LogP contribution in [0.3, 0.4) is 0 Å². The van der Waals surface area contributed by atoms with E-state index in [0.717, 1.165) is 25.6 Å². The van der Waals surface area contributed by atoms with Gasteiger partial charge >= 0.3 is 12.1 Å². The second-order valence-electron chi connectivity index (χ2n) is 7.26. The van der Waals surface area contributed by atoms with Crippen LogP contribution in [-0.2, 0) is 11.3 Å². The van der Waals surface area contributed by atoms with Gasteiger partial charge < -0.3 is 10.0 Å². The molecule has 1 N–H and O–H groups in total. The van der Waals surface area contributed by atoms with Crippen LogP contribution in [0.1, 0.15) is 24.3 Å². The first-order valence-electron chi connectivity index (χ1n) is 9.20. The Balaban J connectivity index is 0.000000298. The van der Waals surface area contributed by atoms with Gasteiger partial charge in [-0.15, -0.1) is 11.3 Å². The summed E-state index contributed by atoms with van der Waals surface area (Å²) in [4.78, 5) is 27.1. The van der Waals surface area contributed by atoms with E-state index in [4.69, 9.17) is 9.90 Å². The van der Waals surface area contributed by atoms with Gasteiger partial charge in [0.25, 0.3) is 0 Å². The lowest BCUT2D eigenvalue weighted by atomic mass is 9.79. The summed E-state index contributed by atoms with van der Waals surface area (Å²) in [5.41, 5.74) is 0.411. The summed E-state index contributed by atoms with van der Waals surface area (Å²) in [6, 6.07) is 1.88. The van der Waals surface area contributed by atoms with E-state index in [9.17, 15) is 13.2 Å². The number of thiazole rings is 1. The quantitative estimate of drug-likeness (QED) is 0.803. The second-order valence-corrected chi connectivity index (χ2v) is 8.24. The fraction of sp³-hybridized carbons (Fsp3) is 0.556. The SMILES string of the molecule is O=C(O)C(F)(F)F.c1cnc(N2CCC3(CCCN(Cc4nccs4)C3)C2)nc1. The van der Waals surface area contributed by atoms with Crippen LogP contribution in [0.15, 0.2) is 30.0 Å². The zero-order chi connectivity index (χ0) is 20.9. The molecule has 2 aliphatic heterocycles. The highest BCUT2D eigenvalue weighted by atomic mass is 32.1. The van der Waals surface area contributed by atoms with Crippen LogP contribution in [-0.4, -0.2) is 63.3 Å². The minimum atomic E-state index is -5.08. The molecule has 0 bridgehead atoms. The summed E-state index contributed by atoms with van der Waals surface area (Å²) >= 11 is 1.76. The Hall–Kier alpha value is -2.27. The summed E-state index contributed by atoms with van der Waals surface area (Å²) in [5, 5.41) is 10.4. The molecule has 0 aliphatic carbocycles. The van der Waals surface area contributed by atoms with Crippen molar-refractivity contribution in [2.45, 2.75) is 32.0 Å². The van der Waals surface area contributed by atoms with Crippen molar-refractivity contribution in [1.82, 2.24) is 19.9 Å². The number of piperidine rings is 1. The fourth-order valence-electron chi connectivity index (χ4n) is 3.86. The Kier molecular flexibility index (Phi) is 6.68. The molecule has 11 heteroatoms. The number of anilines is 1. The number of aromatic nitrogens is 3. The predicted octanol–water partition coefficient (Wildman–Crippen LogP) is 3.06. The predicted molar refractivity (Wildman–Crippen MR) is 102 cm³/mol. The van der Waals surface area contributed by atoms with Crippen molar-refractivity contribution in [1.29, 1.82) is 0 Å². The molecule has 0 radical (unpaired) electrons. The van der Waals surface area contributed by atoms with Gasteiger partial charge in [-0.05, 0) is 31.9 Å². The lowest BCUT2D eigenvalue weighted by Gasteiger charge is -2.40. The number of rotatable bonds is 3. The summed E-state index contributed by atoms with van der Waals surface area (Å²) in [6.07, 6.45) is 4.36. The lowest BCUT2D eigenvalue weighted by Crippen LogP contribution is -2.44. The van der Waals surface area contributed by atoms with E-state index >= 15 is 0 Å². The number of nitrogens with zero attached hydrogens (tertiary/aromatic N) is 5. The fourth-order valence-corrected chi connectivity index (χ4v) is 4.52. The van der Waals surface area contributed by atoms with E-state index in [1.54, 1.807) is 11.3 Å². The maximum Gasteiger partial charge on any atom is 0.490 e. The van der Waals surface area contributed by atoms with Gasteiger partial charge in [-0.2, -0.15) is 13.2 Å². The van der Waals surface area contributed by atoms with Crippen LogP contribution in [0, 0.1) is 5.41 Å². The van der Waals surface area contributed by atoms with Crippen molar-refractivity contribution >= 4 is 23.3 Å². The van der Waals surface area contributed by atoms with E-state index in [1.165, 1.54) is 37.4 Å². The first kappa shape index (κ1) is 21.4. The highest BCUT2D eigenvalue weighted by Gasteiger charge is 2.42. The molecule has 2 aromatic heterocycles. The van der Waals surface area contributed by atoms with Crippen LogP contribution in [0.4, 0.5) is 19.1 Å². The molecule has 7 nitrogen and oxygen atoms in total. The standard InChI is InChI=1S/C16H21N5S.C2HF3O2/c1-3-16(12-20(8-1)11-14-17-7-10-22-14)4-9-21(13-16)15-18-5-2-6-19-15;3-2(4,5)1(6)7/h2,5-7,10H,1,3-4,8-9,11-13H2;(H,6,7). The Morgan fingerprint density at radius 2 is 1.86 bits per heavy atom. The van der Waals surface area contributed by atoms with Crippen molar-refractivity contribution < 1.29 is 23.1 Å². The van der Waals surface area contributed by atoms with Gasteiger partial charge in [0.1, 0.15) is 5.01 Å². The molecule has 1 atom stereocenters. The Morgan fingerprint density at radius 3 is 2.48 bits per heavy atom. The van der Waals surface area contributed by atoms with Gasteiger partial charge in [0, 0.05) is 49.0 Å². The molecule has 1 spiro atoms. The highest BCUT2D eigenvalue weighted by molar-refractivity contribution is 7.09. The second kappa shape index (κ2) is 9.04. The molecule has 2 aliphatic rings. The third-order valence-electron chi connectivity index (χ3n) is 5.10. The molecule has 29 heavy (non-hydrogen) atoms. The molecule has 1 unspecified atom stereocenters. The molecule has 4 heterocycles. The third kappa shape index (κ3) is 5.86. The maximum atomic E-state index is 10.6. The molecule has 0 aromatic carbocycles. The number of carboxylic acids is 1. The van der Waals surface area contributed by atoms with Gasteiger partial charge in [0.2, 0.25) is 5.95 Å². The summed E-state index contributed by atoms with van der Waals surface area (Å²) in [5.74, 6) is -1.87. The Labute approximate surface area is 170 Å². The van der Waals surface area contributed by atoms with Crippen LogP contribution < -0.4 is 4.90 Å². The minimum Gasteiger partial charge on any atom is -0.475 e. The van der Waals surface area contributed by atoms with E-state index in [1.807, 2.05) is 24.7 Å². The van der Waals surface area contributed by atoms with Crippen LogP contribution in [0.2, 0.25) is 0 Å². The number of carboxylic acid groups (broad SMARTS) is 1. The Bertz CT molecular complexity index is 791. The monoisotopic (exact) mass is 429 g/mol. The Morgan fingerprint density at radius 1 is 1.14 bits per heavy atom. The summed E-state index contributed by atoms with van der Waals surface area (Å²) < 4.78 is 31.7. The third-order valence-corrected chi connectivity index (χ3v) is 5.86. The van der Waals surface area contributed by atoms with Crippen molar-refractivity contribution in [3.05, 3.63) is 35.0 Å². The van der Waals surface area contributed by atoms with E-state index in [0.29, 0.717) is 5.41 Å². The smallest absolute Gasteiger partial charge is 0.475 e. The molecule has 2 fully saturated rings. The largest absolute Gasteiger partial charge is 0.490 e. The van der Waals surface area contributed by atoms with Gasteiger partial charge in [0.15, 0.2) is 0 Å². The summed E-state index contributed by atoms with van der Waals surface area (Å²) in [6.45, 7) is 5.54. The number of alkyl halides is 3. The zero-order valence-corrected chi connectivity index (χ0v) is 16.5. The first-order chi connectivity index (χ1) is 13.8. The van der Waals surface area contributed by atoms with Crippen molar-refractivity contribution in [3.8, 4) is 0 Å². The van der Waals surface area contributed by atoms with Crippen LogP contribution >= 0.6 is 11.3 Å². The molecular weight excluding hydrogens is 407 g/mol. The molecule has 4 rings (SSSR count). The average Bonchev–Trinajstić information content (AvgIpc) is 3.33. The lowest BCUT2D eigenvalue weighted by molar-refractivity contribution is -0.192.